The van der Waals surface area contributed by atoms with E-state index in [1.807, 2.05) is 13.8 Å². The molecule has 0 radical (unpaired) electrons. The fourth-order valence-electron chi connectivity index (χ4n) is 2.92. The standard InChI is InChI=1S/C16H29N3O6S.ClH/c1-3-5-12(6-4-2)26(23,24)10-16(18,14(17)21)15(22)25-9-11-7-13(20)19-8-11;/h11-12H,3-10,18H2,1-2H3,(H2,17,21)(H,19,20);1H/t11-,16+;/m1./s1. The van der Waals surface area contributed by atoms with E-state index in [-0.39, 0.29) is 37.3 Å². The van der Waals surface area contributed by atoms with Gasteiger partial charge in [-0.15, -0.1) is 12.4 Å². The molecule has 0 unspecified atom stereocenters. The predicted octanol–water partition coefficient (Wildman–Crippen LogP) is -0.346. The molecule has 0 aromatic heterocycles. The van der Waals surface area contributed by atoms with Crippen LogP contribution in [0.1, 0.15) is 46.0 Å². The van der Waals surface area contributed by atoms with E-state index in [9.17, 15) is 22.8 Å². The molecule has 0 saturated carbocycles. The lowest BCUT2D eigenvalue weighted by Crippen LogP contribution is -2.63. The van der Waals surface area contributed by atoms with E-state index < -0.39 is 38.3 Å². The van der Waals surface area contributed by atoms with Crippen LogP contribution in [0.2, 0.25) is 0 Å². The summed E-state index contributed by atoms with van der Waals surface area (Å²) in [6.07, 6.45) is 2.30. The lowest BCUT2D eigenvalue weighted by molar-refractivity contribution is -0.154. The van der Waals surface area contributed by atoms with Gasteiger partial charge in [0.25, 0.3) is 0 Å². The summed E-state index contributed by atoms with van der Waals surface area (Å²) in [6.45, 7) is 3.91. The minimum atomic E-state index is -3.83. The van der Waals surface area contributed by atoms with E-state index in [4.69, 9.17) is 16.2 Å². The molecule has 158 valence electrons. The zero-order valence-electron chi connectivity index (χ0n) is 15.7. The number of amides is 2. The molecule has 1 aliphatic heterocycles. The Kier molecular flexibility index (Phi) is 10.3. The summed E-state index contributed by atoms with van der Waals surface area (Å²) in [6, 6.07) is 0. The molecular formula is C16H30ClN3O6S. The van der Waals surface area contributed by atoms with Gasteiger partial charge in [-0.1, -0.05) is 26.7 Å². The zero-order chi connectivity index (χ0) is 20.0. The number of sulfone groups is 1. The van der Waals surface area contributed by atoms with Crippen molar-refractivity contribution in [3.8, 4) is 0 Å². The Morgan fingerprint density at radius 2 is 1.85 bits per heavy atom. The molecule has 1 fully saturated rings. The van der Waals surface area contributed by atoms with Crippen LogP contribution in [0.3, 0.4) is 0 Å². The Balaban J connectivity index is 0.00000676. The first-order valence-corrected chi connectivity index (χ1v) is 10.5. The Bertz CT molecular complexity index is 636. The highest BCUT2D eigenvalue weighted by molar-refractivity contribution is 7.92. The second kappa shape index (κ2) is 10.8. The van der Waals surface area contributed by atoms with E-state index in [1.54, 1.807) is 0 Å². The first-order chi connectivity index (χ1) is 12.1. The summed E-state index contributed by atoms with van der Waals surface area (Å²) in [4.78, 5) is 35.3. The largest absolute Gasteiger partial charge is 0.464 e. The predicted molar refractivity (Wildman–Crippen MR) is 103 cm³/mol. The molecule has 1 rings (SSSR count). The van der Waals surface area contributed by atoms with Crippen LogP contribution >= 0.6 is 12.4 Å². The third kappa shape index (κ3) is 6.93. The van der Waals surface area contributed by atoms with Crippen LogP contribution in [0.5, 0.6) is 0 Å². The lowest BCUT2D eigenvalue weighted by atomic mass is 10.0. The van der Waals surface area contributed by atoms with Gasteiger partial charge >= 0.3 is 5.97 Å². The highest BCUT2D eigenvalue weighted by Crippen LogP contribution is 2.20. The number of esters is 1. The molecule has 27 heavy (non-hydrogen) atoms. The van der Waals surface area contributed by atoms with Crippen molar-refractivity contribution in [1.82, 2.24) is 5.32 Å². The Labute approximate surface area is 166 Å². The van der Waals surface area contributed by atoms with Crippen LogP contribution < -0.4 is 16.8 Å². The van der Waals surface area contributed by atoms with Crippen molar-refractivity contribution in [2.24, 2.45) is 17.4 Å². The van der Waals surface area contributed by atoms with Gasteiger partial charge in [-0.3, -0.25) is 9.59 Å². The maximum atomic E-state index is 12.7. The molecule has 0 aromatic carbocycles. The maximum absolute atomic E-state index is 12.7. The molecule has 1 saturated heterocycles. The van der Waals surface area contributed by atoms with Crippen molar-refractivity contribution in [1.29, 1.82) is 0 Å². The van der Waals surface area contributed by atoms with Gasteiger partial charge in [-0.2, -0.15) is 0 Å². The number of primary amides is 1. The van der Waals surface area contributed by atoms with Gasteiger partial charge in [0.05, 0.1) is 17.6 Å². The number of carbonyl (C=O) groups excluding carboxylic acids is 3. The van der Waals surface area contributed by atoms with Gasteiger partial charge in [0.2, 0.25) is 17.4 Å². The fourth-order valence-corrected chi connectivity index (χ4v) is 5.24. The second-order valence-corrected chi connectivity index (χ2v) is 9.10. The second-order valence-electron chi connectivity index (χ2n) is 6.81. The third-order valence-electron chi connectivity index (χ3n) is 4.47. The first kappa shape index (κ1) is 25.6. The van der Waals surface area contributed by atoms with Gasteiger partial charge in [-0.05, 0) is 12.8 Å². The number of halogens is 1. The third-order valence-corrected chi connectivity index (χ3v) is 6.82. The van der Waals surface area contributed by atoms with E-state index in [2.05, 4.69) is 5.32 Å². The van der Waals surface area contributed by atoms with Gasteiger partial charge < -0.3 is 21.5 Å². The average Bonchev–Trinajstić information content (AvgIpc) is 2.97. The summed E-state index contributed by atoms with van der Waals surface area (Å²) in [5.41, 5.74) is 8.59. The van der Waals surface area contributed by atoms with Crippen LogP contribution in [-0.2, 0) is 29.0 Å². The Hall–Kier alpha value is -1.39. The summed E-state index contributed by atoms with van der Waals surface area (Å²) in [5, 5.41) is 1.90. The molecule has 5 N–H and O–H groups in total. The summed E-state index contributed by atoms with van der Waals surface area (Å²) >= 11 is 0. The van der Waals surface area contributed by atoms with Gasteiger partial charge in [0.1, 0.15) is 0 Å². The van der Waals surface area contributed by atoms with Crippen molar-refractivity contribution >= 4 is 40.0 Å². The molecule has 1 aliphatic rings. The molecule has 0 aliphatic carbocycles. The number of ether oxygens (including phenoxy) is 1. The summed E-state index contributed by atoms with van der Waals surface area (Å²) in [5.74, 6) is -3.73. The Morgan fingerprint density at radius 1 is 1.30 bits per heavy atom. The van der Waals surface area contributed by atoms with Crippen LogP contribution in [0.25, 0.3) is 0 Å². The van der Waals surface area contributed by atoms with Crippen molar-refractivity contribution in [2.45, 2.75) is 56.7 Å². The SMILES string of the molecule is CCCC(CCC)S(=O)(=O)C[C@](N)(C(N)=O)C(=O)OC[C@H]1CNC(=O)C1.Cl. The number of nitrogens with two attached hydrogens (primary N) is 2. The molecule has 0 bridgehead atoms. The van der Waals surface area contributed by atoms with Crippen molar-refractivity contribution < 1.29 is 27.5 Å². The topological polar surface area (TPSA) is 159 Å². The highest BCUT2D eigenvalue weighted by atomic mass is 35.5. The molecule has 0 spiro atoms. The summed E-state index contributed by atoms with van der Waals surface area (Å²) < 4.78 is 30.4. The number of carbonyl (C=O) groups is 3. The van der Waals surface area contributed by atoms with Crippen molar-refractivity contribution in [3.05, 3.63) is 0 Å². The Morgan fingerprint density at radius 3 is 2.26 bits per heavy atom. The van der Waals surface area contributed by atoms with Crippen molar-refractivity contribution in [2.75, 3.05) is 18.9 Å². The molecule has 2 amide bonds. The molecule has 0 aromatic rings. The van der Waals surface area contributed by atoms with E-state index in [1.165, 1.54) is 0 Å². The van der Waals surface area contributed by atoms with Gasteiger partial charge in [-0.25, -0.2) is 13.2 Å². The minimum Gasteiger partial charge on any atom is -0.464 e. The monoisotopic (exact) mass is 427 g/mol. The normalized spacial score (nSPS) is 19.1. The maximum Gasteiger partial charge on any atom is 0.337 e. The molecule has 9 nitrogen and oxygen atoms in total. The van der Waals surface area contributed by atoms with Crippen LogP contribution in [-0.4, -0.2) is 55.9 Å². The summed E-state index contributed by atoms with van der Waals surface area (Å²) in [7, 11) is -3.83. The number of hydrogen-bond acceptors (Lipinski definition) is 7. The molecule has 11 heteroatoms. The fraction of sp³-hybridized carbons (Fsp3) is 0.812. The van der Waals surface area contributed by atoms with Gasteiger partial charge in [0, 0.05) is 18.9 Å². The van der Waals surface area contributed by atoms with Crippen LogP contribution in [0.15, 0.2) is 0 Å². The number of hydrogen-bond donors (Lipinski definition) is 3. The number of nitrogens with one attached hydrogen (secondary N) is 1. The van der Waals surface area contributed by atoms with Crippen LogP contribution in [0, 0.1) is 5.92 Å². The lowest BCUT2D eigenvalue weighted by Gasteiger charge is -2.26. The van der Waals surface area contributed by atoms with E-state index >= 15 is 0 Å². The van der Waals surface area contributed by atoms with Crippen LogP contribution in [0.4, 0.5) is 0 Å². The minimum absolute atomic E-state index is 0. The molecule has 1 heterocycles. The molecule has 2 atom stereocenters. The highest BCUT2D eigenvalue weighted by Gasteiger charge is 2.48. The quantitative estimate of drug-likeness (QED) is 0.300. The average molecular weight is 428 g/mol. The zero-order valence-corrected chi connectivity index (χ0v) is 17.4. The first-order valence-electron chi connectivity index (χ1n) is 8.81. The van der Waals surface area contributed by atoms with Gasteiger partial charge in [0.15, 0.2) is 9.84 Å². The molecular weight excluding hydrogens is 398 g/mol. The van der Waals surface area contributed by atoms with Crippen molar-refractivity contribution in [3.63, 3.8) is 0 Å². The number of rotatable bonds is 11. The van der Waals surface area contributed by atoms with E-state index in [0.717, 1.165) is 0 Å². The van der Waals surface area contributed by atoms with E-state index in [0.29, 0.717) is 32.2 Å². The smallest absolute Gasteiger partial charge is 0.337 e.